The van der Waals surface area contributed by atoms with E-state index in [0.717, 1.165) is 17.7 Å². The lowest BCUT2D eigenvalue weighted by Gasteiger charge is -2.29. The highest BCUT2D eigenvalue weighted by Crippen LogP contribution is 2.35. The molecule has 0 saturated carbocycles. The molecule has 4 heterocycles. The zero-order chi connectivity index (χ0) is 14.1. The van der Waals surface area contributed by atoms with Gasteiger partial charge in [-0.3, -0.25) is 9.88 Å². The fourth-order valence-electron chi connectivity index (χ4n) is 3.55. The normalized spacial score (nSPS) is 24.5. The molecule has 2 aromatic heterocycles. The zero-order valence-electron chi connectivity index (χ0n) is 12.3. The molecule has 4 rings (SSSR count). The number of nitrogens with one attached hydrogen (secondary N) is 1. The quantitative estimate of drug-likeness (QED) is 0.924. The predicted molar refractivity (Wildman–Crippen MR) is 87.7 cm³/mol. The molecule has 2 fully saturated rings. The van der Waals surface area contributed by atoms with Crippen LogP contribution in [-0.4, -0.2) is 32.6 Å². The van der Waals surface area contributed by atoms with Crippen LogP contribution in [0, 0.1) is 0 Å². The van der Waals surface area contributed by atoms with Gasteiger partial charge in [0.15, 0.2) is 5.65 Å². The first-order valence-electron chi connectivity index (χ1n) is 8.07. The molecule has 1 atom stereocenters. The third kappa shape index (κ3) is 2.57. The lowest BCUT2D eigenvalue weighted by Crippen LogP contribution is -2.33. The van der Waals surface area contributed by atoms with Crippen LogP contribution in [0.15, 0.2) is 18.3 Å². The summed E-state index contributed by atoms with van der Waals surface area (Å²) >= 11 is 2.07. The fraction of sp³-hybridized carbons (Fsp3) is 0.625. The highest BCUT2D eigenvalue weighted by atomic mass is 32.2. The van der Waals surface area contributed by atoms with E-state index in [1.807, 2.05) is 12.3 Å². The minimum absolute atomic E-state index is 0.378. The molecule has 0 aliphatic carbocycles. The smallest absolute Gasteiger partial charge is 0.161 e. The number of rotatable bonds is 2. The second kappa shape index (κ2) is 5.97. The SMILES string of the molecule is c1cnc2c(c1)nc(C1CCSCC1)n2C1CCCCN1. The minimum Gasteiger partial charge on any atom is -0.297 e. The molecule has 1 unspecified atom stereocenters. The summed E-state index contributed by atoms with van der Waals surface area (Å²) in [7, 11) is 0. The third-order valence-electron chi connectivity index (χ3n) is 4.66. The van der Waals surface area contributed by atoms with Gasteiger partial charge in [-0.15, -0.1) is 0 Å². The molecule has 2 aromatic rings. The van der Waals surface area contributed by atoms with Gasteiger partial charge in [0, 0.05) is 12.1 Å². The number of aromatic nitrogens is 3. The largest absolute Gasteiger partial charge is 0.297 e. The number of hydrogen-bond acceptors (Lipinski definition) is 4. The Balaban J connectivity index is 1.79. The van der Waals surface area contributed by atoms with Crippen molar-refractivity contribution in [1.82, 2.24) is 19.9 Å². The van der Waals surface area contributed by atoms with Gasteiger partial charge in [0.05, 0.1) is 6.17 Å². The maximum absolute atomic E-state index is 4.96. The van der Waals surface area contributed by atoms with E-state index in [0.29, 0.717) is 12.1 Å². The summed E-state index contributed by atoms with van der Waals surface area (Å²) in [5.41, 5.74) is 2.11. The van der Waals surface area contributed by atoms with Crippen LogP contribution in [0.25, 0.3) is 11.2 Å². The van der Waals surface area contributed by atoms with Gasteiger partial charge in [-0.25, -0.2) is 9.97 Å². The molecule has 21 heavy (non-hydrogen) atoms. The number of thioether (sulfide) groups is 1. The van der Waals surface area contributed by atoms with Crippen molar-refractivity contribution in [1.29, 1.82) is 0 Å². The van der Waals surface area contributed by atoms with Crippen LogP contribution in [-0.2, 0) is 0 Å². The van der Waals surface area contributed by atoms with E-state index < -0.39 is 0 Å². The van der Waals surface area contributed by atoms with E-state index in [1.165, 1.54) is 49.4 Å². The van der Waals surface area contributed by atoms with E-state index in [9.17, 15) is 0 Å². The Bertz CT molecular complexity index is 612. The maximum Gasteiger partial charge on any atom is 0.161 e. The minimum atomic E-state index is 0.378. The van der Waals surface area contributed by atoms with Gasteiger partial charge >= 0.3 is 0 Å². The van der Waals surface area contributed by atoms with Gasteiger partial charge in [-0.2, -0.15) is 11.8 Å². The van der Waals surface area contributed by atoms with Crippen molar-refractivity contribution in [2.24, 2.45) is 0 Å². The van der Waals surface area contributed by atoms with Crippen molar-refractivity contribution in [2.75, 3.05) is 18.1 Å². The topological polar surface area (TPSA) is 42.7 Å². The third-order valence-corrected chi connectivity index (χ3v) is 5.71. The van der Waals surface area contributed by atoms with Crippen molar-refractivity contribution in [3.63, 3.8) is 0 Å². The number of imidazole rings is 1. The molecule has 2 saturated heterocycles. The van der Waals surface area contributed by atoms with Crippen LogP contribution in [0.1, 0.15) is 50.0 Å². The van der Waals surface area contributed by atoms with Crippen LogP contribution in [0.5, 0.6) is 0 Å². The number of nitrogens with zero attached hydrogens (tertiary/aromatic N) is 3. The van der Waals surface area contributed by atoms with E-state index in [2.05, 4.69) is 32.7 Å². The Kier molecular flexibility index (Phi) is 3.86. The molecule has 5 heteroatoms. The molecule has 112 valence electrons. The maximum atomic E-state index is 4.96. The summed E-state index contributed by atoms with van der Waals surface area (Å²) < 4.78 is 2.41. The zero-order valence-corrected chi connectivity index (χ0v) is 13.1. The van der Waals surface area contributed by atoms with Crippen molar-refractivity contribution in [3.8, 4) is 0 Å². The molecular formula is C16H22N4S. The van der Waals surface area contributed by atoms with Crippen molar-refractivity contribution >= 4 is 22.9 Å². The first kappa shape index (κ1) is 13.6. The highest BCUT2D eigenvalue weighted by Gasteiger charge is 2.27. The summed E-state index contributed by atoms with van der Waals surface area (Å²) in [6.07, 6.45) is 8.54. The summed E-state index contributed by atoms with van der Waals surface area (Å²) in [5.74, 6) is 4.39. The van der Waals surface area contributed by atoms with Crippen LogP contribution >= 0.6 is 11.8 Å². The van der Waals surface area contributed by atoms with Gasteiger partial charge in [0.25, 0.3) is 0 Å². The van der Waals surface area contributed by atoms with Gasteiger partial charge in [0.1, 0.15) is 11.3 Å². The van der Waals surface area contributed by atoms with Crippen LogP contribution < -0.4 is 5.32 Å². The van der Waals surface area contributed by atoms with Crippen molar-refractivity contribution in [3.05, 3.63) is 24.2 Å². The molecule has 0 aromatic carbocycles. The average Bonchev–Trinajstić information content (AvgIpc) is 2.96. The summed E-state index contributed by atoms with van der Waals surface area (Å²) in [6, 6.07) is 4.09. The molecule has 0 bridgehead atoms. The monoisotopic (exact) mass is 302 g/mol. The second-order valence-electron chi connectivity index (χ2n) is 6.04. The number of piperidine rings is 1. The van der Waals surface area contributed by atoms with Crippen molar-refractivity contribution in [2.45, 2.75) is 44.2 Å². The summed E-state index contributed by atoms with van der Waals surface area (Å²) in [5, 5.41) is 3.67. The van der Waals surface area contributed by atoms with Crippen molar-refractivity contribution < 1.29 is 0 Å². The van der Waals surface area contributed by atoms with E-state index in [4.69, 9.17) is 4.98 Å². The molecule has 4 nitrogen and oxygen atoms in total. The van der Waals surface area contributed by atoms with Crippen LogP contribution in [0.3, 0.4) is 0 Å². The van der Waals surface area contributed by atoms with Crippen LogP contribution in [0.4, 0.5) is 0 Å². The molecule has 2 aliphatic rings. The Labute approximate surface area is 129 Å². The number of pyridine rings is 1. The predicted octanol–water partition coefficient (Wildman–Crippen LogP) is 3.31. The first-order chi connectivity index (χ1) is 10.4. The van der Waals surface area contributed by atoms with E-state index in [-0.39, 0.29) is 0 Å². The van der Waals surface area contributed by atoms with Gasteiger partial charge < -0.3 is 0 Å². The Morgan fingerprint density at radius 1 is 1.19 bits per heavy atom. The Morgan fingerprint density at radius 3 is 2.90 bits per heavy atom. The lowest BCUT2D eigenvalue weighted by atomic mass is 10.0. The van der Waals surface area contributed by atoms with E-state index >= 15 is 0 Å². The van der Waals surface area contributed by atoms with Crippen LogP contribution in [0.2, 0.25) is 0 Å². The Hall–Kier alpha value is -1.07. The average molecular weight is 302 g/mol. The summed E-state index contributed by atoms with van der Waals surface area (Å²) in [4.78, 5) is 9.59. The molecular weight excluding hydrogens is 280 g/mol. The standard InChI is InChI=1S/C16H22N4S/c1-2-8-17-14(5-1)20-15(12-6-10-21-11-7-12)19-13-4-3-9-18-16(13)20/h3-4,9,12,14,17H,1-2,5-8,10-11H2. The lowest BCUT2D eigenvalue weighted by molar-refractivity contribution is 0.313. The first-order valence-corrected chi connectivity index (χ1v) is 9.23. The molecule has 0 amide bonds. The molecule has 1 N–H and O–H groups in total. The Morgan fingerprint density at radius 2 is 2.10 bits per heavy atom. The number of fused-ring (bicyclic) bond motifs is 1. The summed E-state index contributed by atoms with van der Waals surface area (Å²) in [6.45, 7) is 1.11. The highest BCUT2D eigenvalue weighted by molar-refractivity contribution is 7.99. The molecule has 0 radical (unpaired) electrons. The molecule has 0 spiro atoms. The van der Waals surface area contributed by atoms with Gasteiger partial charge in [-0.05, 0) is 62.3 Å². The van der Waals surface area contributed by atoms with E-state index in [1.54, 1.807) is 0 Å². The second-order valence-corrected chi connectivity index (χ2v) is 7.26. The number of hydrogen-bond donors (Lipinski definition) is 1. The van der Waals surface area contributed by atoms with Gasteiger partial charge in [-0.1, -0.05) is 0 Å². The fourth-order valence-corrected chi connectivity index (χ4v) is 4.66. The molecule has 2 aliphatic heterocycles. The van der Waals surface area contributed by atoms with Gasteiger partial charge in [0.2, 0.25) is 0 Å².